The summed E-state index contributed by atoms with van der Waals surface area (Å²) in [6.07, 6.45) is 1.72. The van der Waals surface area contributed by atoms with E-state index in [2.05, 4.69) is 4.98 Å². The normalized spacial score (nSPS) is 12.2. The van der Waals surface area contributed by atoms with Gasteiger partial charge in [0.1, 0.15) is 0 Å². The number of carbonyl (C=O) groups excluding carboxylic acids is 1. The number of rotatable bonds is 6. The van der Waals surface area contributed by atoms with Crippen molar-refractivity contribution in [1.29, 1.82) is 0 Å². The summed E-state index contributed by atoms with van der Waals surface area (Å²) in [7, 11) is 1.82. The lowest BCUT2D eigenvalue weighted by Gasteiger charge is -2.25. The summed E-state index contributed by atoms with van der Waals surface area (Å²) < 4.78 is 1.53. The highest BCUT2D eigenvalue weighted by molar-refractivity contribution is 7.99. The van der Waals surface area contributed by atoms with Gasteiger partial charge in [0.05, 0.1) is 17.5 Å². The summed E-state index contributed by atoms with van der Waals surface area (Å²) in [5.74, 6) is 0.970. The van der Waals surface area contributed by atoms with Gasteiger partial charge in [-0.25, -0.2) is 4.98 Å². The third-order valence-corrected chi connectivity index (χ3v) is 5.80. The minimum atomic E-state index is -0.0806. The first-order valence-corrected chi connectivity index (χ1v) is 9.94. The van der Waals surface area contributed by atoms with Crippen LogP contribution in [0.4, 0.5) is 0 Å². The van der Waals surface area contributed by atoms with Crippen molar-refractivity contribution in [3.63, 3.8) is 0 Å². The van der Waals surface area contributed by atoms with E-state index in [1.54, 1.807) is 11.1 Å². The molecule has 0 N–H and O–H groups in total. The molecule has 1 unspecified atom stereocenters. The summed E-state index contributed by atoms with van der Waals surface area (Å²) in [4.78, 5) is 31.3. The Morgan fingerprint density at radius 3 is 2.88 bits per heavy atom. The van der Waals surface area contributed by atoms with Gasteiger partial charge in [0.25, 0.3) is 5.56 Å². The van der Waals surface area contributed by atoms with Crippen LogP contribution in [0.25, 0.3) is 4.96 Å². The van der Waals surface area contributed by atoms with Crippen LogP contribution in [-0.2, 0) is 10.5 Å². The molecule has 1 aromatic carbocycles. The van der Waals surface area contributed by atoms with E-state index >= 15 is 0 Å². The third kappa shape index (κ3) is 4.11. The van der Waals surface area contributed by atoms with Gasteiger partial charge in [0.15, 0.2) is 4.96 Å². The maximum absolute atomic E-state index is 12.4. The van der Waals surface area contributed by atoms with Crippen molar-refractivity contribution in [3.8, 4) is 0 Å². The number of carbonyl (C=O) groups is 1. The number of fused-ring (bicyclic) bond motifs is 1. The number of hydrogen-bond acceptors (Lipinski definition) is 5. The van der Waals surface area contributed by atoms with Crippen LogP contribution in [-0.4, -0.2) is 33.0 Å². The van der Waals surface area contributed by atoms with Crippen molar-refractivity contribution in [3.05, 3.63) is 69.6 Å². The molecule has 2 heterocycles. The quantitative estimate of drug-likeness (QED) is 0.666. The Kier molecular flexibility index (Phi) is 5.55. The summed E-state index contributed by atoms with van der Waals surface area (Å²) in [5, 5.41) is 1.84. The van der Waals surface area contributed by atoms with E-state index < -0.39 is 0 Å². The van der Waals surface area contributed by atoms with Gasteiger partial charge in [0, 0.05) is 30.4 Å². The molecule has 5 nitrogen and oxygen atoms in total. The molecule has 130 valence electrons. The second-order valence-electron chi connectivity index (χ2n) is 5.73. The molecule has 25 heavy (non-hydrogen) atoms. The number of hydrogen-bond donors (Lipinski definition) is 0. The van der Waals surface area contributed by atoms with Crippen molar-refractivity contribution in [2.75, 3.05) is 12.8 Å². The molecular weight excluding hydrogens is 354 g/mol. The Morgan fingerprint density at radius 2 is 2.12 bits per heavy atom. The Morgan fingerprint density at radius 1 is 1.36 bits per heavy atom. The predicted octanol–water partition coefficient (Wildman–Crippen LogP) is 3.21. The van der Waals surface area contributed by atoms with E-state index in [1.165, 1.54) is 33.6 Å². The van der Waals surface area contributed by atoms with Crippen molar-refractivity contribution >= 4 is 34.0 Å². The van der Waals surface area contributed by atoms with Gasteiger partial charge in [-0.05, 0) is 12.5 Å². The Balaban J connectivity index is 1.57. The summed E-state index contributed by atoms with van der Waals surface area (Å²) in [5.41, 5.74) is 1.74. The molecule has 3 aromatic rings. The van der Waals surface area contributed by atoms with E-state index in [4.69, 9.17) is 0 Å². The number of amides is 1. The number of thiazole rings is 1. The standard InChI is InChI=1S/C18H19N3O2S2/c1-13(14-6-4-3-5-7-14)20(2)17(23)12-24-11-15-10-16(22)21-8-9-25-18(21)19-15/h3-10,13H,11-12H2,1-2H3. The van der Waals surface area contributed by atoms with Crippen LogP contribution in [0.15, 0.2) is 52.8 Å². The van der Waals surface area contributed by atoms with Gasteiger partial charge in [-0.2, -0.15) is 0 Å². The van der Waals surface area contributed by atoms with Crippen LogP contribution in [0.1, 0.15) is 24.2 Å². The lowest BCUT2D eigenvalue weighted by molar-refractivity contribution is -0.128. The molecule has 7 heteroatoms. The van der Waals surface area contributed by atoms with Crippen molar-refractivity contribution in [1.82, 2.24) is 14.3 Å². The summed E-state index contributed by atoms with van der Waals surface area (Å²) in [6, 6.07) is 11.5. The van der Waals surface area contributed by atoms with Crippen LogP contribution < -0.4 is 5.56 Å². The first kappa shape index (κ1) is 17.7. The first-order valence-electron chi connectivity index (χ1n) is 7.90. The van der Waals surface area contributed by atoms with Gasteiger partial charge in [0.2, 0.25) is 5.91 Å². The zero-order chi connectivity index (χ0) is 17.8. The fraction of sp³-hybridized carbons (Fsp3) is 0.278. The molecule has 0 saturated carbocycles. The molecule has 0 aliphatic heterocycles. The van der Waals surface area contributed by atoms with Gasteiger partial charge < -0.3 is 4.90 Å². The lowest BCUT2D eigenvalue weighted by Crippen LogP contribution is -2.31. The molecule has 0 spiro atoms. The van der Waals surface area contributed by atoms with Crippen molar-refractivity contribution in [2.24, 2.45) is 0 Å². The van der Waals surface area contributed by atoms with E-state index in [1.807, 2.05) is 49.7 Å². The Hall–Kier alpha value is -2.12. The van der Waals surface area contributed by atoms with Gasteiger partial charge >= 0.3 is 0 Å². The molecule has 2 aromatic heterocycles. The molecule has 0 saturated heterocycles. The minimum absolute atomic E-state index is 0.0274. The first-order chi connectivity index (χ1) is 12.1. The zero-order valence-electron chi connectivity index (χ0n) is 14.1. The third-order valence-electron chi connectivity index (χ3n) is 4.09. The highest BCUT2D eigenvalue weighted by Gasteiger charge is 2.17. The van der Waals surface area contributed by atoms with E-state index in [9.17, 15) is 9.59 Å². The fourth-order valence-corrected chi connectivity index (χ4v) is 4.05. The van der Waals surface area contributed by atoms with Gasteiger partial charge in [-0.15, -0.1) is 23.1 Å². The lowest BCUT2D eigenvalue weighted by atomic mass is 10.1. The Bertz CT molecular complexity index is 921. The zero-order valence-corrected chi connectivity index (χ0v) is 15.7. The number of aromatic nitrogens is 2. The van der Waals surface area contributed by atoms with Crippen LogP contribution in [0.2, 0.25) is 0 Å². The van der Waals surface area contributed by atoms with Crippen LogP contribution in [0.5, 0.6) is 0 Å². The predicted molar refractivity (Wildman–Crippen MR) is 103 cm³/mol. The van der Waals surface area contributed by atoms with E-state index in [-0.39, 0.29) is 17.5 Å². The van der Waals surface area contributed by atoms with E-state index in [0.29, 0.717) is 22.2 Å². The Labute approximate surface area is 154 Å². The molecule has 0 bridgehead atoms. The van der Waals surface area contributed by atoms with Gasteiger partial charge in [-0.3, -0.25) is 14.0 Å². The van der Waals surface area contributed by atoms with Crippen molar-refractivity contribution < 1.29 is 4.79 Å². The topological polar surface area (TPSA) is 54.7 Å². The molecule has 0 aliphatic rings. The second kappa shape index (κ2) is 7.84. The smallest absolute Gasteiger partial charge is 0.258 e. The maximum Gasteiger partial charge on any atom is 0.258 e. The molecule has 3 rings (SSSR count). The minimum Gasteiger partial charge on any atom is -0.338 e. The average Bonchev–Trinajstić information content (AvgIpc) is 3.10. The monoisotopic (exact) mass is 373 g/mol. The number of benzene rings is 1. The van der Waals surface area contributed by atoms with E-state index in [0.717, 1.165) is 5.56 Å². The molecular formula is C18H19N3O2S2. The summed E-state index contributed by atoms with van der Waals surface area (Å²) >= 11 is 2.91. The molecule has 0 fully saturated rings. The van der Waals surface area contributed by atoms with Crippen LogP contribution >= 0.6 is 23.1 Å². The molecule has 1 atom stereocenters. The SMILES string of the molecule is CC(c1ccccc1)N(C)C(=O)CSCc1cc(=O)n2ccsc2n1. The number of thioether (sulfide) groups is 1. The number of nitrogens with zero attached hydrogens (tertiary/aromatic N) is 3. The van der Waals surface area contributed by atoms with Crippen LogP contribution in [0, 0.1) is 0 Å². The van der Waals surface area contributed by atoms with Gasteiger partial charge in [-0.1, -0.05) is 30.3 Å². The maximum atomic E-state index is 12.4. The molecule has 1 amide bonds. The average molecular weight is 374 g/mol. The fourth-order valence-electron chi connectivity index (χ4n) is 2.48. The summed E-state index contributed by atoms with van der Waals surface area (Å²) in [6.45, 7) is 2.02. The van der Waals surface area contributed by atoms with Crippen LogP contribution in [0.3, 0.4) is 0 Å². The highest BCUT2D eigenvalue weighted by Crippen LogP contribution is 2.20. The second-order valence-corrected chi connectivity index (χ2v) is 7.58. The van der Waals surface area contributed by atoms with Crippen molar-refractivity contribution in [2.45, 2.75) is 18.7 Å². The molecule has 0 aliphatic carbocycles. The molecule has 0 radical (unpaired) electrons. The largest absolute Gasteiger partial charge is 0.338 e. The highest BCUT2D eigenvalue weighted by atomic mass is 32.2.